The number of anilines is 1. The van der Waals surface area contributed by atoms with Crippen LogP contribution in [0.5, 0.6) is 5.75 Å². The molecule has 0 spiro atoms. The Labute approximate surface area is 152 Å². The molecule has 2 aromatic carbocycles. The summed E-state index contributed by atoms with van der Waals surface area (Å²) in [4.78, 5) is 28.7. The van der Waals surface area contributed by atoms with Crippen LogP contribution in [0.1, 0.15) is 23.6 Å². The normalized spacial score (nSPS) is 16.5. The maximum atomic E-state index is 12.3. The summed E-state index contributed by atoms with van der Waals surface area (Å²) in [5.41, 5.74) is 3.74. The van der Waals surface area contributed by atoms with Crippen LogP contribution in [0.2, 0.25) is 0 Å². The van der Waals surface area contributed by atoms with Crippen LogP contribution in [0.15, 0.2) is 51.7 Å². The number of nitrogens with one attached hydrogen (secondary N) is 1. The van der Waals surface area contributed by atoms with Crippen LogP contribution in [-0.2, 0) is 11.8 Å². The van der Waals surface area contributed by atoms with Gasteiger partial charge in [-0.05, 0) is 23.8 Å². The number of hydrogen-bond donors (Lipinski definition) is 2. The molecule has 1 aliphatic heterocycles. The van der Waals surface area contributed by atoms with Crippen LogP contribution < -0.4 is 11.1 Å². The number of benzene rings is 2. The molecule has 1 amide bonds. The summed E-state index contributed by atoms with van der Waals surface area (Å²) in [6.45, 7) is 0. The van der Waals surface area contributed by atoms with Crippen LogP contribution in [0, 0.1) is 0 Å². The smallest absolute Gasteiger partial charge is 0.419 e. The lowest BCUT2D eigenvalue weighted by Crippen LogP contribution is -2.24. The Kier molecular flexibility index (Phi) is 3.15. The van der Waals surface area contributed by atoms with E-state index >= 15 is 0 Å². The molecule has 2 aromatic heterocycles. The van der Waals surface area contributed by atoms with Crippen LogP contribution in [0.3, 0.4) is 0 Å². The van der Waals surface area contributed by atoms with Gasteiger partial charge in [0.05, 0.1) is 5.52 Å². The van der Waals surface area contributed by atoms with Gasteiger partial charge in [-0.25, -0.2) is 9.78 Å². The summed E-state index contributed by atoms with van der Waals surface area (Å²) >= 11 is 0. The van der Waals surface area contributed by atoms with Crippen LogP contribution in [0.25, 0.3) is 22.0 Å². The fraction of sp³-hybridized carbons (Fsp3) is 0.150. The van der Waals surface area contributed by atoms with Crippen LogP contribution in [0.4, 0.5) is 5.69 Å². The maximum Gasteiger partial charge on any atom is 0.419 e. The lowest BCUT2D eigenvalue weighted by molar-refractivity contribution is -0.116. The first-order valence-electron chi connectivity index (χ1n) is 8.53. The zero-order valence-corrected chi connectivity index (χ0v) is 14.4. The third kappa shape index (κ3) is 2.32. The number of phenolic OH excluding ortho intramolecular Hbond substituents is 1. The maximum absolute atomic E-state index is 12.3. The van der Waals surface area contributed by atoms with Crippen molar-refractivity contribution in [1.29, 1.82) is 0 Å². The molecule has 7 nitrogen and oxygen atoms in total. The van der Waals surface area contributed by atoms with Gasteiger partial charge in [-0.1, -0.05) is 18.2 Å². The third-order valence-electron chi connectivity index (χ3n) is 5.08. The Bertz CT molecular complexity index is 1300. The fourth-order valence-corrected chi connectivity index (χ4v) is 3.69. The molecular formula is C20H15N3O4. The second-order valence-electron chi connectivity index (χ2n) is 6.72. The molecule has 0 bridgehead atoms. The highest BCUT2D eigenvalue weighted by Crippen LogP contribution is 2.39. The summed E-state index contributed by atoms with van der Waals surface area (Å²) < 4.78 is 6.66. The highest BCUT2D eigenvalue weighted by molar-refractivity contribution is 5.98. The van der Waals surface area contributed by atoms with Gasteiger partial charge in [0.2, 0.25) is 5.91 Å². The van der Waals surface area contributed by atoms with E-state index in [9.17, 15) is 14.7 Å². The first kappa shape index (κ1) is 15.6. The van der Waals surface area contributed by atoms with Gasteiger partial charge in [-0.3, -0.25) is 9.36 Å². The van der Waals surface area contributed by atoms with Gasteiger partial charge in [-0.15, -0.1) is 0 Å². The summed E-state index contributed by atoms with van der Waals surface area (Å²) in [6, 6.07) is 12.5. The molecule has 0 radical (unpaired) electrons. The average Bonchev–Trinajstić information content (AvgIpc) is 2.93. The molecule has 134 valence electrons. The predicted molar refractivity (Wildman–Crippen MR) is 100.0 cm³/mol. The zero-order chi connectivity index (χ0) is 18.7. The van der Waals surface area contributed by atoms with Crippen molar-refractivity contribution in [3.05, 3.63) is 64.3 Å². The lowest BCUT2D eigenvalue weighted by Gasteiger charge is -2.25. The third-order valence-corrected chi connectivity index (χ3v) is 5.08. The molecule has 3 heterocycles. The van der Waals surface area contributed by atoms with E-state index in [4.69, 9.17) is 4.42 Å². The number of aryl methyl sites for hydroxylation is 1. The molecule has 27 heavy (non-hydrogen) atoms. The standard InChI is InChI=1S/C20H15N3O4/c1-23-15-7-11-12(8-18(25)21-14(11)9-17(15)27-20(23)26)13-6-5-10-3-2-4-16(24)19(10)22-13/h2-7,9,12,24H,8H2,1H3,(H,21,25)/t12-/m1/s1. The molecular weight excluding hydrogens is 346 g/mol. The molecule has 0 saturated heterocycles. The van der Waals surface area contributed by atoms with E-state index in [1.807, 2.05) is 24.3 Å². The minimum atomic E-state index is -0.455. The molecule has 1 atom stereocenters. The molecule has 0 saturated carbocycles. The lowest BCUT2D eigenvalue weighted by atomic mass is 9.87. The van der Waals surface area contributed by atoms with Crippen molar-refractivity contribution < 1.29 is 14.3 Å². The van der Waals surface area contributed by atoms with E-state index < -0.39 is 5.76 Å². The van der Waals surface area contributed by atoms with Crippen molar-refractivity contribution >= 4 is 33.6 Å². The Morgan fingerprint density at radius 3 is 2.93 bits per heavy atom. The van der Waals surface area contributed by atoms with Gasteiger partial charge in [-0.2, -0.15) is 0 Å². The summed E-state index contributed by atoms with van der Waals surface area (Å²) in [5.74, 6) is -0.775. The van der Waals surface area contributed by atoms with E-state index in [1.165, 1.54) is 4.57 Å². The number of carbonyl (C=O) groups is 1. The number of amides is 1. The van der Waals surface area contributed by atoms with E-state index in [0.717, 1.165) is 10.9 Å². The molecule has 0 aliphatic carbocycles. The average molecular weight is 361 g/mol. The van der Waals surface area contributed by atoms with Gasteiger partial charge in [0.1, 0.15) is 11.3 Å². The summed E-state index contributed by atoms with van der Waals surface area (Å²) in [7, 11) is 1.64. The number of aromatic hydroxyl groups is 1. The Balaban J connectivity index is 1.74. The quantitative estimate of drug-likeness (QED) is 0.543. The first-order valence-corrected chi connectivity index (χ1v) is 8.53. The number of pyridine rings is 1. The van der Waals surface area contributed by atoms with Gasteiger partial charge < -0.3 is 14.8 Å². The van der Waals surface area contributed by atoms with Gasteiger partial charge in [0.15, 0.2) is 5.58 Å². The van der Waals surface area contributed by atoms with Crippen molar-refractivity contribution in [2.75, 3.05) is 5.32 Å². The van der Waals surface area contributed by atoms with Crippen molar-refractivity contribution in [3.63, 3.8) is 0 Å². The van der Waals surface area contributed by atoms with E-state index in [1.54, 1.807) is 25.2 Å². The van der Waals surface area contributed by atoms with Crippen molar-refractivity contribution in [2.45, 2.75) is 12.3 Å². The number of oxazole rings is 1. The number of hydrogen-bond acceptors (Lipinski definition) is 5. The molecule has 4 aromatic rings. The Hall–Kier alpha value is -3.61. The van der Waals surface area contributed by atoms with E-state index in [-0.39, 0.29) is 24.0 Å². The number of fused-ring (bicyclic) bond motifs is 3. The number of phenols is 1. The summed E-state index contributed by atoms with van der Waals surface area (Å²) in [6.07, 6.45) is 0.233. The molecule has 1 aliphatic rings. The number of rotatable bonds is 1. The minimum Gasteiger partial charge on any atom is -0.506 e. The zero-order valence-electron chi connectivity index (χ0n) is 14.4. The van der Waals surface area contributed by atoms with Gasteiger partial charge in [0, 0.05) is 42.2 Å². The van der Waals surface area contributed by atoms with Crippen LogP contribution >= 0.6 is 0 Å². The van der Waals surface area contributed by atoms with Crippen LogP contribution in [-0.4, -0.2) is 20.6 Å². The van der Waals surface area contributed by atoms with E-state index in [0.29, 0.717) is 28.0 Å². The summed E-state index contributed by atoms with van der Waals surface area (Å²) in [5, 5.41) is 13.8. The van der Waals surface area contributed by atoms with Crippen molar-refractivity contribution in [2.24, 2.45) is 7.05 Å². The van der Waals surface area contributed by atoms with Crippen molar-refractivity contribution in [3.8, 4) is 5.75 Å². The van der Waals surface area contributed by atoms with Crippen molar-refractivity contribution in [1.82, 2.24) is 9.55 Å². The Morgan fingerprint density at radius 2 is 2.07 bits per heavy atom. The fourth-order valence-electron chi connectivity index (χ4n) is 3.69. The number of carbonyl (C=O) groups excluding carboxylic acids is 1. The number of aromatic nitrogens is 2. The molecule has 5 rings (SSSR count). The first-order chi connectivity index (χ1) is 13.0. The largest absolute Gasteiger partial charge is 0.506 e. The topological polar surface area (TPSA) is 97.4 Å². The molecule has 0 unspecified atom stereocenters. The monoisotopic (exact) mass is 361 g/mol. The molecule has 2 N–H and O–H groups in total. The van der Waals surface area contributed by atoms with Gasteiger partial charge >= 0.3 is 5.76 Å². The second-order valence-corrected chi connectivity index (χ2v) is 6.72. The second kappa shape index (κ2) is 5.44. The van der Waals surface area contributed by atoms with Gasteiger partial charge in [0.25, 0.3) is 0 Å². The highest BCUT2D eigenvalue weighted by Gasteiger charge is 2.29. The Morgan fingerprint density at radius 1 is 1.22 bits per heavy atom. The molecule has 7 heteroatoms. The SMILES string of the molecule is Cn1c(=O)oc2cc3c(cc21)[C@H](c1ccc2cccc(O)c2n1)CC(=O)N3. The molecule has 0 fully saturated rings. The highest BCUT2D eigenvalue weighted by atomic mass is 16.4. The predicted octanol–water partition coefficient (Wildman–Crippen LogP) is 2.86. The number of nitrogens with zero attached hydrogens (tertiary/aromatic N) is 2. The number of para-hydroxylation sites is 1. The minimum absolute atomic E-state index is 0.0996. The van der Waals surface area contributed by atoms with E-state index in [2.05, 4.69) is 10.3 Å².